The Hall–Kier alpha value is -2.32. The molecule has 2 aromatic carbocycles. The second-order valence-electron chi connectivity index (χ2n) is 5.06. The zero-order valence-electron chi connectivity index (χ0n) is 13.8. The minimum atomic E-state index is 1.04. The van der Waals surface area contributed by atoms with Crippen LogP contribution < -0.4 is 0 Å². The smallest absolute Gasteiger partial charge is 0.0396 e. The van der Waals surface area contributed by atoms with Crippen LogP contribution in [0.4, 0.5) is 0 Å². The summed E-state index contributed by atoms with van der Waals surface area (Å²) in [6.45, 7) is 0. The van der Waals surface area contributed by atoms with E-state index in [-0.39, 0.29) is 0 Å². The minimum absolute atomic E-state index is 1.04. The van der Waals surface area contributed by atoms with Gasteiger partial charge in [-0.2, -0.15) is 0 Å². The SMILES string of the molecule is [Cl][Ir+2].[c-]1ncccc1-c1ccccc1.[c-]1ncccc1-c1ccccc1. The molecule has 0 aliphatic heterocycles. The first kappa shape index (κ1) is 20.0. The number of aromatic nitrogens is 2. The van der Waals surface area contributed by atoms with Crippen molar-refractivity contribution < 1.29 is 17.9 Å². The van der Waals surface area contributed by atoms with Gasteiger partial charge in [0, 0.05) is 0 Å². The predicted molar refractivity (Wildman–Crippen MR) is 103 cm³/mol. The van der Waals surface area contributed by atoms with Gasteiger partial charge in [0.1, 0.15) is 0 Å². The summed E-state index contributed by atoms with van der Waals surface area (Å²) < 4.78 is 0. The molecule has 0 saturated carbocycles. The molecule has 26 heavy (non-hydrogen) atoms. The van der Waals surface area contributed by atoms with Crippen molar-refractivity contribution in [2.45, 2.75) is 0 Å². The van der Waals surface area contributed by atoms with E-state index in [0.29, 0.717) is 0 Å². The van der Waals surface area contributed by atoms with Gasteiger partial charge in [0.05, 0.1) is 0 Å². The molecule has 0 unspecified atom stereocenters. The van der Waals surface area contributed by atoms with Crippen molar-refractivity contribution >= 4 is 9.58 Å². The number of pyridine rings is 2. The number of halogens is 1. The Labute approximate surface area is 169 Å². The molecule has 0 fully saturated rings. The van der Waals surface area contributed by atoms with Crippen LogP contribution in [0.15, 0.2) is 97.3 Å². The molecule has 4 heteroatoms. The Balaban J connectivity index is 0.000000171. The topological polar surface area (TPSA) is 25.8 Å². The maximum absolute atomic E-state index is 4.64. The van der Waals surface area contributed by atoms with Gasteiger partial charge < -0.3 is 9.97 Å². The second kappa shape index (κ2) is 12.1. The van der Waals surface area contributed by atoms with Gasteiger partial charge in [-0.3, -0.25) is 0 Å². The summed E-state index contributed by atoms with van der Waals surface area (Å²) in [5, 5.41) is 0. The van der Waals surface area contributed by atoms with Crippen LogP contribution in [0.25, 0.3) is 22.3 Å². The molecular formula is C22H16ClIrN2. The van der Waals surface area contributed by atoms with Gasteiger partial charge in [0.25, 0.3) is 0 Å². The molecule has 0 amide bonds. The molecule has 2 nitrogen and oxygen atoms in total. The molecule has 0 aliphatic carbocycles. The number of nitrogens with zero attached hydrogens (tertiary/aromatic N) is 2. The molecule has 130 valence electrons. The Kier molecular flexibility index (Phi) is 9.31. The molecule has 0 N–H and O–H groups in total. The first-order valence-corrected chi connectivity index (χ1v) is 10.8. The van der Waals surface area contributed by atoms with Crippen LogP contribution in [0.5, 0.6) is 0 Å². The maximum Gasteiger partial charge on any atom is -0.0396 e. The van der Waals surface area contributed by atoms with Gasteiger partial charge in [-0.25, -0.2) is 0 Å². The van der Waals surface area contributed by atoms with E-state index in [1.807, 2.05) is 84.9 Å². The molecule has 2 heterocycles. The Morgan fingerprint density at radius 2 is 0.923 bits per heavy atom. The summed E-state index contributed by atoms with van der Waals surface area (Å²) in [5.41, 5.74) is 4.40. The number of hydrogen-bond acceptors (Lipinski definition) is 2. The molecule has 0 atom stereocenters. The van der Waals surface area contributed by atoms with Gasteiger partial charge in [0.2, 0.25) is 0 Å². The van der Waals surface area contributed by atoms with Crippen LogP contribution in [0, 0.1) is 12.4 Å². The van der Waals surface area contributed by atoms with Crippen molar-refractivity contribution in [1.82, 2.24) is 9.97 Å². The van der Waals surface area contributed by atoms with Gasteiger partial charge >= 0.3 is 27.5 Å². The van der Waals surface area contributed by atoms with Crippen LogP contribution in [-0.2, 0) is 17.9 Å². The van der Waals surface area contributed by atoms with Gasteiger partial charge in [-0.1, -0.05) is 84.2 Å². The molecule has 0 saturated heterocycles. The van der Waals surface area contributed by atoms with E-state index in [2.05, 4.69) is 31.9 Å². The largest absolute Gasteiger partial charge is 0.360 e. The van der Waals surface area contributed by atoms with E-state index >= 15 is 0 Å². The standard InChI is InChI=1S/2C11H8N.ClH.Ir/c2*1-2-5-10(6-3-1)11-7-4-8-12-9-11;;/h2*1-8H;1H;/q2*-1;;+3/p-1. The van der Waals surface area contributed by atoms with Crippen LogP contribution in [0.2, 0.25) is 0 Å². The first-order valence-electron chi connectivity index (χ1n) is 7.82. The quantitative estimate of drug-likeness (QED) is 0.304. The van der Waals surface area contributed by atoms with E-state index in [4.69, 9.17) is 0 Å². The molecule has 4 aromatic rings. The third kappa shape index (κ3) is 6.53. The summed E-state index contributed by atoms with van der Waals surface area (Å²) in [4.78, 5) is 7.87. The fraction of sp³-hybridized carbons (Fsp3) is 0. The molecule has 0 aliphatic rings. The number of benzene rings is 2. The van der Waals surface area contributed by atoms with Crippen molar-refractivity contribution in [3.63, 3.8) is 0 Å². The van der Waals surface area contributed by atoms with Crippen molar-refractivity contribution in [2.75, 3.05) is 0 Å². The molecule has 0 bridgehead atoms. The summed E-state index contributed by atoms with van der Waals surface area (Å²) in [7, 11) is 4.64. The van der Waals surface area contributed by atoms with Crippen molar-refractivity contribution in [1.29, 1.82) is 0 Å². The molecule has 0 spiro atoms. The third-order valence-corrected chi connectivity index (χ3v) is 3.39. The summed E-state index contributed by atoms with van der Waals surface area (Å²) in [6, 6.07) is 28.1. The monoisotopic (exact) mass is 536 g/mol. The summed E-state index contributed by atoms with van der Waals surface area (Å²) >= 11 is 1.47. The minimum Gasteiger partial charge on any atom is -0.360 e. The normalized spacial score (nSPS) is 9.15. The molecular weight excluding hydrogens is 520 g/mol. The van der Waals surface area contributed by atoms with Crippen molar-refractivity contribution in [3.8, 4) is 22.3 Å². The van der Waals surface area contributed by atoms with E-state index in [1.165, 1.54) is 17.9 Å². The Bertz CT molecular complexity index is 692. The molecule has 0 radical (unpaired) electrons. The number of rotatable bonds is 2. The molecule has 4 rings (SSSR count). The summed E-state index contributed by atoms with van der Waals surface area (Å²) in [6.07, 6.45) is 9.33. The Morgan fingerprint density at radius 1 is 0.538 bits per heavy atom. The van der Waals surface area contributed by atoms with E-state index in [0.717, 1.165) is 22.3 Å². The maximum atomic E-state index is 4.64. The van der Waals surface area contributed by atoms with E-state index in [9.17, 15) is 0 Å². The van der Waals surface area contributed by atoms with Gasteiger partial charge in [0.15, 0.2) is 0 Å². The zero-order valence-corrected chi connectivity index (χ0v) is 17.0. The van der Waals surface area contributed by atoms with E-state index < -0.39 is 0 Å². The predicted octanol–water partition coefficient (Wildman–Crippen LogP) is 5.78. The van der Waals surface area contributed by atoms with Crippen molar-refractivity contribution in [2.24, 2.45) is 0 Å². The van der Waals surface area contributed by atoms with Crippen LogP contribution in [0.3, 0.4) is 0 Å². The second-order valence-corrected chi connectivity index (χ2v) is 5.06. The van der Waals surface area contributed by atoms with E-state index in [1.54, 1.807) is 12.4 Å². The fourth-order valence-corrected chi connectivity index (χ4v) is 2.21. The first-order chi connectivity index (χ1) is 12.9. The van der Waals surface area contributed by atoms with Gasteiger partial charge in [-0.15, -0.1) is 35.4 Å². The van der Waals surface area contributed by atoms with Crippen LogP contribution >= 0.6 is 9.58 Å². The zero-order chi connectivity index (χ0) is 18.5. The van der Waals surface area contributed by atoms with Crippen LogP contribution in [0.1, 0.15) is 0 Å². The third-order valence-electron chi connectivity index (χ3n) is 3.39. The molecule has 2 aromatic heterocycles. The number of hydrogen-bond donors (Lipinski definition) is 0. The average Bonchev–Trinajstić information content (AvgIpc) is 2.78. The fourth-order valence-electron chi connectivity index (χ4n) is 2.21. The Morgan fingerprint density at radius 3 is 1.23 bits per heavy atom. The van der Waals surface area contributed by atoms with Crippen molar-refractivity contribution in [3.05, 3.63) is 110 Å². The summed E-state index contributed by atoms with van der Waals surface area (Å²) in [5.74, 6) is 0. The van der Waals surface area contributed by atoms with Crippen LogP contribution in [-0.4, -0.2) is 9.97 Å². The average molecular weight is 536 g/mol. The van der Waals surface area contributed by atoms with Gasteiger partial charge in [-0.05, 0) is 12.4 Å².